The summed E-state index contributed by atoms with van der Waals surface area (Å²) >= 11 is 6.16. The minimum absolute atomic E-state index is 0.0138. The number of furan rings is 1. The van der Waals surface area contributed by atoms with Crippen LogP contribution in [0.3, 0.4) is 0 Å². The van der Waals surface area contributed by atoms with Gasteiger partial charge in [-0.3, -0.25) is 24.2 Å². The average molecular weight is 602 g/mol. The molecule has 3 aliphatic carbocycles. The van der Waals surface area contributed by atoms with Crippen molar-refractivity contribution in [2.45, 2.75) is 38.5 Å². The van der Waals surface area contributed by atoms with Crippen molar-refractivity contribution in [3.05, 3.63) is 80.9 Å². The minimum Gasteiger partial charge on any atom is -0.463 e. The Hall–Kier alpha value is -4.03. The molecule has 0 spiro atoms. The van der Waals surface area contributed by atoms with Crippen LogP contribution in [0.4, 0.5) is 19.0 Å². The van der Waals surface area contributed by atoms with Gasteiger partial charge >= 0.3 is 6.18 Å². The maximum atomic E-state index is 14.0. The maximum Gasteiger partial charge on any atom is 0.433 e. The fourth-order valence-electron chi connectivity index (χ4n) is 6.51. The van der Waals surface area contributed by atoms with E-state index in [0.717, 1.165) is 16.1 Å². The first kappa shape index (κ1) is 28.1. The lowest BCUT2D eigenvalue weighted by molar-refractivity contribution is -0.141. The average Bonchev–Trinajstić information content (AvgIpc) is 3.52. The zero-order valence-electron chi connectivity index (χ0n) is 22.2. The summed E-state index contributed by atoms with van der Waals surface area (Å²) in [5.41, 5.74) is 0.107. The van der Waals surface area contributed by atoms with Gasteiger partial charge in [-0.1, -0.05) is 23.3 Å². The third kappa shape index (κ3) is 4.15. The van der Waals surface area contributed by atoms with E-state index in [1.165, 1.54) is 13.1 Å². The van der Waals surface area contributed by atoms with Gasteiger partial charge in [0.25, 0.3) is 11.8 Å². The molecule has 4 atom stereocenters. The predicted octanol–water partition coefficient (Wildman–Crippen LogP) is 4.32. The number of fused-ring (bicyclic) bond motifs is 3. The number of hydrazine groups is 1. The molecule has 0 saturated carbocycles. The molecule has 1 aliphatic heterocycles. The number of carbonyl (C=O) groups is 4. The van der Waals surface area contributed by atoms with Gasteiger partial charge in [0.1, 0.15) is 23.8 Å². The molecule has 2 aromatic heterocycles. The summed E-state index contributed by atoms with van der Waals surface area (Å²) < 4.78 is 46.0. The molecule has 2 aromatic rings. The highest BCUT2D eigenvalue weighted by molar-refractivity contribution is 6.33. The molecule has 1 fully saturated rings. The van der Waals surface area contributed by atoms with Crippen LogP contribution >= 0.6 is 11.6 Å². The Bertz CT molecular complexity index is 1670. The molecule has 1 saturated heterocycles. The molecular formula is C29H23ClF3N3O6. The van der Waals surface area contributed by atoms with Gasteiger partial charge in [-0.2, -0.15) is 18.2 Å². The van der Waals surface area contributed by atoms with Crippen molar-refractivity contribution in [3.8, 4) is 0 Å². The number of pyridine rings is 1. The van der Waals surface area contributed by atoms with Crippen molar-refractivity contribution >= 4 is 40.8 Å². The first-order valence-corrected chi connectivity index (χ1v) is 13.5. The van der Waals surface area contributed by atoms with E-state index < -0.39 is 59.8 Å². The van der Waals surface area contributed by atoms with Crippen molar-refractivity contribution in [1.82, 2.24) is 9.99 Å². The van der Waals surface area contributed by atoms with Crippen molar-refractivity contribution in [3.63, 3.8) is 0 Å². The number of rotatable bonds is 4. The zero-order valence-corrected chi connectivity index (χ0v) is 23.0. The number of halogens is 4. The summed E-state index contributed by atoms with van der Waals surface area (Å²) in [7, 11) is 1.23. The van der Waals surface area contributed by atoms with E-state index in [4.69, 9.17) is 16.0 Å². The molecule has 218 valence electrons. The highest BCUT2D eigenvalue weighted by Gasteiger charge is 2.58. The molecule has 4 aliphatic rings. The van der Waals surface area contributed by atoms with Crippen molar-refractivity contribution in [2.24, 2.45) is 17.8 Å². The van der Waals surface area contributed by atoms with Crippen molar-refractivity contribution in [1.29, 1.82) is 0 Å². The normalized spacial score (nSPS) is 25.7. The van der Waals surface area contributed by atoms with Crippen LogP contribution in [0.25, 0.3) is 0 Å². The number of allylic oxidation sites excluding steroid dienone is 6. The molecular weight excluding hydrogens is 579 g/mol. The van der Waals surface area contributed by atoms with Crippen LogP contribution in [0, 0.1) is 17.8 Å². The van der Waals surface area contributed by atoms with Gasteiger partial charge in [0.05, 0.1) is 22.8 Å². The van der Waals surface area contributed by atoms with Crippen LogP contribution < -0.4 is 5.01 Å². The minimum atomic E-state index is -4.78. The monoisotopic (exact) mass is 601 g/mol. The number of Topliss-reactive ketones (excluding diaryl/α,β-unsaturated/α-hetero) is 1. The lowest BCUT2D eigenvalue weighted by atomic mass is 9.60. The molecule has 9 nitrogen and oxygen atoms in total. The number of nitrogens with zero attached hydrogens (tertiary/aromatic N) is 3. The summed E-state index contributed by atoms with van der Waals surface area (Å²) in [6, 6.07) is 4.85. The molecule has 0 unspecified atom stereocenters. The number of aliphatic hydroxyl groups is 1. The third-order valence-electron chi connectivity index (χ3n) is 8.39. The highest BCUT2D eigenvalue weighted by atomic mass is 35.5. The number of carbonyl (C=O) groups excluding carboxylic acids is 4. The van der Waals surface area contributed by atoms with E-state index >= 15 is 0 Å². The Labute approximate surface area is 241 Å². The molecule has 13 heteroatoms. The molecule has 1 N–H and O–H groups in total. The Morgan fingerprint density at radius 3 is 2.52 bits per heavy atom. The van der Waals surface area contributed by atoms with E-state index in [1.807, 2.05) is 0 Å². The number of hydrogen-bond acceptors (Lipinski definition) is 8. The second-order valence-corrected chi connectivity index (χ2v) is 11.1. The Balaban J connectivity index is 1.42. The first-order chi connectivity index (χ1) is 19.8. The van der Waals surface area contributed by atoms with Gasteiger partial charge in [-0.25, -0.2) is 4.98 Å². The lowest BCUT2D eigenvalue weighted by Gasteiger charge is -2.41. The van der Waals surface area contributed by atoms with E-state index in [9.17, 15) is 37.5 Å². The Kier molecular flexibility index (Phi) is 6.54. The summed E-state index contributed by atoms with van der Waals surface area (Å²) in [6.45, 7) is 1.15. The molecule has 0 aromatic carbocycles. The summed E-state index contributed by atoms with van der Waals surface area (Å²) in [4.78, 5) is 57.7. The number of imide groups is 1. The Morgan fingerprint density at radius 2 is 1.86 bits per heavy atom. The SMILES string of the molecule is CC1=CC(=O)C2=C(C1=O)[C@@H](c1ccc(CO)o1)C1=CC[C@@H]3C(=O)N(N(C)c4nc(C(F)(F)F)ccc4Cl)C(=O)[C@@H]3[C@@H]1C2. The van der Waals surface area contributed by atoms with Gasteiger partial charge in [0.2, 0.25) is 0 Å². The summed E-state index contributed by atoms with van der Waals surface area (Å²) in [5, 5.41) is 11.1. The maximum absolute atomic E-state index is 14.0. The van der Waals surface area contributed by atoms with Crippen LogP contribution in [0.2, 0.25) is 5.02 Å². The number of hydrogen-bond donors (Lipinski definition) is 1. The molecule has 6 rings (SSSR count). The summed E-state index contributed by atoms with van der Waals surface area (Å²) in [5.74, 6) is -5.25. The second kappa shape index (κ2) is 9.77. The third-order valence-corrected chi connectivity index (χ3v) is 8.68. The molecule has 0 radical (unpaired) electrons. The number of aliphatic hydroxyl groups excluding tert-OH is 1. The predicted molar refractivity (Wildman–Crippen MR) is 140 cm³/mol. The summed E-state index contributed by atoms with van der Waals surface area (Å²) in [6.07, 6.45) is -1.64. The van der Waals surface area contributed by atoms with E-state index in [0.29, 0.717) is 17.4 Å². The second-order valence-electron chi connectivity index (χ2n) is 10.7. The fourth-order valence-corrected chi connectivity index (χ4v) is 6.74. The van der Waals surface area contributed by atoms with Crippen LogP contribution in [0.5, 0.6) is 0 Å². The van der Waals surface area contributed by atoms with Crippen molar-refractivity contribution in [2.75, 3.05) is 12.1 Å². The van der Waals surface area contributed by atoms with E-state index in [2.05, 4.69) is 4.98 Å². The van der Waals surface area contributed by atoms with E-state index in [1.54, 1.807) is 25.1 Å². The number of amides is 2. The van der Waals surface area contributed by atoms with Crippen LogP contribution in [-0.2, 0) is 32.0 Å². The molecule has 2 amide bonds. The lowest BCUT2D eigenvalue weighted by Crippen LogP contribution is -2.46. The van der Waals surface area contributed by atoms with Crippen LogP contribution in [-0.4, -0.2) is 45.5 Å². The number of anilines is 1. The van der Waals surface area contributed by atoms with E-state index in [-0.39, 0.29) is 51.9 Å². The molecule has 0 bridgehead atoms. The number of ketones is 2. The smallest absolute Gasteiger partial charge is 0.433 e. The zero-order chi connectivity index (χ0) is 30.2. The molecule has 3 heterocycles. The number of alkyl halides is 3. The van der Waals surface area contributed by atoms with Gasteiger partial charge in [0.15, 0.2) is 17.4 Å². The van der Waals surface area contributed by atoms with Gasteiger partial charge < -0.3 is 9.52 Å². The van der Waals surface area contributed by atoms with Crippen LogP contribution in [0.15, 0.2) is 63.1 Å². The fraction of sp³-hybridized carbons (Fsp3) is 0.345. The standard InChI is InChI=1S/C29H23ClF3N3O6/c1-12-9-19(38)17-10-16-14(23(24(17)25(12)39)20-7-3-13(11-37)42-20)4-5-15-22(16)28(41)36(27(15)40)35(2)26-18(30)6-8-21(34-26)29(31,32)33/h3-4,6-9,15-16,22-23,37H,5,10-11H2,1-2H3/t15-,16+,22-,23+/m0/s1. The first-order valence-electron chi connectivity index (χ1n) is 13.1. The van der Waals surface area contributed by atoms with Gasteiger partial charge in [0, 0.05) is 23.8 Å². The molecule has 42 heavy (non-hydrogen) atoms. The Morgan fingerprint density at radius 1 is 1.12 bits per heavy atom. The van der Waals surface area contributed by atoms with Gasteiger partial charge in [-0.05, 0) is 56.0 Å². The topological polar surface area (TPSA) is 121 Å². The quantitative estimate of drug-likeness (QED) is 0.313. The highest BCUT2D eigenvalue weighted by Crippen LogP contribution is 2.55. The van der Waals surface area contributed by atoms with Gasteiger partial charge in [-0.15, -0.1) is 0 Å². The van der Waals surface area contributed by atoms with Crippen molar-refractivity contribution < 1.29 is 41.9 Å². The van der Waals surface area contributed by atoms with Crippen LogP contribution in [0.1, 0.15) is 42.9 Å². The largest absolute Gasteiger partial charge is 0.463 e. The number of aromatic nitrogens is 1.